The molecule has 3 rings (SSSR count). The largest absolute Gasteiger partial charge is 0.502 e. The summed E-state index contributed by atoms with van der Waals surface area (Å²) in [7, 11) is 0. The van der Waals surface area contributed by atoms with Gasteiger partial charge < -0.3 is 15.3 Å². The van der Waals surface area contributed by atoms with Crippen molar-refractivity contribution in [1.82, 2.24) is 10.2 Å². The summed E-state index contributed by atoms with van der Waals surface area (Å²) in [5, 5.41) is 24.7. The Labute approximate surface area is 198 Å². The molecule has 0 saturated heterocycles. The predicted molar refractivity (Wildman–Crippen MR) is 134 cm³/mol. The van der Waals surface area contributed by atoms with Gasteiger partial charge >= 0.3 is 5.69 Å². The number of hydrogen-bond donors (Lipinski definition) is 2. The van der Waals surface area contributed by atoms with E-state index in [0.29, 0.717) is 6.04 Å². The van der Waals surface area contributed by atoms with Gasteiger partial charge in [-0.2, -0.15) is 0 Å². The lowest BCUT2D eigenvalue weighted by molar-refractivity contribution is -0.385. The summed E-state index contributed by atoms with van der Waals surface area (Å²) in [5.74, 6) is -0.211. The van der Waals surface area contributed by atoms with Crippen molar-refractivity contribution < 1.29 is 10.0 Å². The Morgan fingerprint density at radius 1 is 1.06 bits per heavy atom. The third-order valence-corrected chi connectivity index (χ3v) is 6.71. The van der Waals surface area contributed by atoms with E-state index in [2.05, 4.69) is 47.5 Å². The van der Waals surface area contributed by atoms with E-state index in [1.54, 1.807) is 12.1 Å². The van der Waals surface area contributed by atoms with Crippen molar-refractivity contribution in [2.24, 2.45) is 0 Å². The van der Waals surface area contributed by atoms with Crippen molar-refractivity contribution in [2.75, 3.05) is 26.2 Å². The second-order valence-electron chi connectivity index (χ2n) is 9.20. The lowest BCUT2D eigenvalue weighted by atomic mass is 9.86. The fourth-order valence-corrected chi connectivity index (χ4v) is 4.91. The summed E-state index contributed by atoms with van der Waals surface area (Å²) in [4.78, 5) is 13.3. The van der Waals surface area contributed by atoms with E-state index in [9.17, 15) is 15.2 Å². The van der Waals surface area contributed by atoms with Crippen LogP contribution in [0.2, 0.25) is 0 Å². The zero-order valence-electron chi connectivity index (χ0n) is 20.0. The van der Waals surface area contributed by atoms with Crippen LogP contribution in [0.4, 0.5) is 5.69 Å². The number of phenols is 1. The number of nitro benzene ring substituents is 1. The number of fused-ring (bicyclic) bond motifs is 1. The van der Waals surface area contributed by atoms with Gasteiger partial charge in [0.05, 0.1) is 4.92 Å². The first-order valence-electron chi connectivity index (χ1n) is 12.6. The molecule has 0 heterocycles. The standard InChI is InChI=1S/C27H39N3O3/c1-2-17-29(18-9-4-3-8-15-28-16-14-22-10-6-5-7-11-22)25-13-12-23-21-27(31)26(30(32)33)20-24(23)19-25/h5-7,10-11,20-21,25,28,31H,2-4,8-9,12-19H2,1H3. The molecule has 180 valence electrons. The number of unbranched alkanes of at least 4 members (excludes halogenated alkanes) is 3. The third kappa shape index (κ3) is 7.83. The highest BCUT2D eigenvalue weighted by molar-refractivity contribution is 5.52. The molecule has 33 heavy (non-hydrogen) atoms. The number of rotatable bonds is 14. The highest BCUT2D eigenvalue weighted by Gasteiger charge is 2.27. The smallest absolute Gasteiger partial charge is 0.310 e. The van der Waals surface area contributed by atoms with Crippen LogP contribution in [-0.4, -0.2) is 47.2 Å². The first-order valence-corrected chi connectivity index (χ1v) is 12.6. The molecule has 1 aliphatic carbocycles. The zero-order valence-corrected chi connectivity index (χ0v) is 20.0. The minimum absolute atomic E-state index is 0.172. The van der Waals surface area contributed by atoms with E-state index in [0.717, 1.165) is 69.4 Å². The van der Waals surface area contributed by atoms with E-state index in [1.165, 1.54) is 31.2 Å². The van der Waals surface area contributed by atoms with Crippen molar-refractivity contribution >= 4 is 5.69 Å². The van der Waals surface area contributed by atoms with Crippen LogP contribution >= 0.6 is 0 Å². The van der Waals surface area contributed by atoms with Gasteiger partial charge in [0.2, 0.25) is 0 Å². The summed E-state index contributed by atoms with van der Waals surface area (Å²) in [6, 6.07) is 14.2. The lowest BCUT2D eigenvalue weighted by Crippen LogP contribution is -2.40. The Morgan fingerprint density at radius 2 is 1.85 bits per heavy atom. The van der Waals surface area contributed by atoms with E-state index >= 15 is 0 Å². The van der Waals surface area contributed by atoms with E-state index in [1.807, 2.05) is 0 Å². The second-order valence-corrected chi connectivity index (χ2v) is 9.20. The maximum Gasteiger partial charge on any atom is 0.310 e. The molecule has 0 spiro atoms. The number of benzene rings is 2. The number of phenolic OH excluding ortho intramolecular Hbond substituents is 1. The van der Waals surface area contributed by atoms with Gasteiger partial charge in [-0.1, -0.05) is 50.1 Å². The second kappa shape index (κ2) is 13.3. The Balaban J connectivity index is 1.36. The first kappa shape index (κ1) is 25.2. The van der Waals surface area contributed by atoms with Crippen molar-refractivity contribution in [3.8, 4) is 5.75 Å². The molecule has 2 N–H and O–H groups in total. The van der Waals surface area contributed by atoms with Gasteiger partial charge in [-0.3, -0.25) is 10.1 Å². The maximum absolute atomic E-state index is 11.2. The molecule has 0 aromatic heterocycles. The maximum atomic E-state index is 11.2. The van der Waals surface area contributed by atoms with E-state index in [-0.39, 0.29) is 11.4 Å². The fourth-order valence-electron chi connectivity index (χ4n) is 4.91. The number of nitro groups is 1. The van der Waals surface area contributed by atoms with Gasteiger partial charge in [-0.15, -0.1) is 0 Å². The molecule has 0 aliphatic heterocycles. The number of aryl methyl sites for hydroxylation is 1. The van der Waals surface area contributed by atoms with E-state index < -0.39 is 4.92 Å². The zero-order chi connectivity index (χ0) is 23.5. The summed E-state index contributed by atoms with van der Waals surface area (Å²) in [5.41, 5.74) is 3.30. The highest BCUT2D eigenvalue weighted by Crippen LogP contribution is 2.34. The van der Waals surface area contributed by atoms with Gasteiger partial charge in [0.25, 0.3) is 0 Å². The molecule has 0 radical (unpaired) electrons. The van der Waals surface area contributed by atoms with Crippen molar-refractivity contribution in [2.45, 2.75) is 70.8 Å². The van der Waals surface area contributed by atoms with Crippen LogP contribution in [0.5, 0.6) is 5.75 Å². The number of aromatic hydroxyl groups is 1. The van der Waals surface area contributed by atoms with Gasteiger partial charge in [-0.25, -0.2) is 0 Å². The first-order chi connectivity index (χ1) is 16.1. The van der Waals surface area contributed by atoms with Crippen molar-refractivity contribution in [1.29, 1.82) is 0 Å². The molecule has 0 bridgehead atoms. The fraction of sp³-hybridized carbons (Fsp3) is 0.556. The van der Waals surface area contributed by atoms with Gasteiger partial charge in [0.15, 0.2) is 5.75 Å². The SMILES string of the molecule is CCCN(CCCCCCNCCc1ccccc1)C1CCc2cc(O)c([N+](=O)[O-])cc2C1. The van der Waals surface area contributed by atoms with Crippen LogP contribution in [0, 0.1) is 10.1 Å². The van der Waals surface area contributed by atoms with Crippen LogP contribution in [0.3, 0.4) is 0 Å². The topological polar surface area (TPSA) is 78.6 Å². The summed E-state index contributed by atoms with van der Waals surface area (Å²) in [6.07, 6.45) is 9.86. The molecule has 6 heteroatoms. The summed E-state index contributed by atoms with van der Waals surface area (Å²) in [6.45, 7) is 6.49. The third-order valence-electron chi connectivity index (χ3n) is 6.71. The molecular weight excluding hydrogens is 414 g/mol. The molecule has 1 atom stereocenters. The molecule has 0 fully saturated rings. The summed E-state index contributed by atoms with van der Waals surface area (Å²) >= 11 is 0. The van der Waals surface area contributed by atoms with Gasteiger partial charge in [0, 0.05) is 12.1 Å². The number of hydrogen-bond acceptors (Lipinski definition) is 5. The molecule has 0 amide bonds. The molecule has 1 aliphatic rings. The van der Waals surface area contributed by atoms with Crippen LogP contribution < -0.4 is 5.32 Å². The van der Waals surface area contributed by atoms with E-state index in [4.69, 9.17) is 0 Å². The minimum Gasteiger partial charge on any atom is -0.502 e. The average molecular weight is 454 g/mol. The molecule has 6 nitrogen and oxygen atoms in total. The average Bonchev–Trinajstić information content (AvgIpc) is 2.82. The Bertz CT molecular complexity index is 872. The normalized spacial score (nSPS) is 15.5. The van der Waals surface area contributed by atoms with Crippen molar-refractivity contribution in [3.05, 3.63) is 69.3 Å². The van der Waals surface area contributed by atoms with Crippen LogP contribution in [0.1, 0.15) is 62.1 Å². The van der Waals surface area contributed by atoms with Crippen LogP contribution in [0.15, 0.2) is 42.5 Å². The number of nitrogens with zero attached hydrogens (tertiary/aromatic N) is 2. The van der Waals surface area contributed by atoms with Crippen LogP contribution in [0.25, 0.3) is 0 Å². The Hall–Kier alpha value is -2.44. The van der Waals surface area contributed by atoms with Gasteiger partial charge in [-0.05, 0) is 93.9 Å². The predicted octanol–water partition coefficient (Wildman–Crippen LogP) is 5.26. The molecule has 1 unspecified atom stereocenters. The van der Waals surface area contributed by atoms with Gasteiger partial charge in [0.1, 0.15) is 0 Å². The number of nitrogens with one attached hydrogen (secondary N) is 1. The lowest BCUT2D eigenvalue weighted by Gasteiger charge is -2.35. The minimum atomic E-state index is -0.487. The van der Waals surface area contributed by atoms with Crippen molar-refractivity contribution in [3.63, 3.8) is 0 Å². The highest BCUT2D eigenvalue weighted by atomic mass is 16.6. The molecular formula is C27H39N3O3. The molecule has 2 aromatic rings. The van der Waals surface area contributed by atoms with Crippen LogP contribution in [-0.2, 0) is 19.3 Å². The Kier molecular flexibility index (Phi) is 10.2. The Morgan fingerprint density at radius 3 is 2.61 bits per heavy atom. The monoisotopic (exact) mass is 453 g/mol. The molecule has 0 saturated carbocycles. The summed E-state index contributed by atoms with van der Waals surface area (Å²) < 4.78 is 0. The quantitative estimate of drug-likeness (QED) is 0.232. The molecule has 2 aromatic carbocycles.